The van der Waals surface area contributed by atoms with Crippen LogP contribution in [0.4, 0.5) is 0 Å². The van der Waals surface area contributed by atoms with Crippen LogP contribution in [0.25, 0.3) is 11.3 Å². The maximum absolute atomic E-state index is 13.2. The third-order valence-corrected chi connectivity index (χ3v) is 7.25. The number of carbonyl (C=O) groups is 1. The molecule has 0 atom stereocenters. The van der Waals surface area contributed by atoms with Gasteiger partial charge in [-0.15, -0.1) is 0 Å². The van der Waals surface area contributed by atoms with Gasteiger partial charge in [-0.05, 0) is 37.2 Å². The Morgan fingerprint density at radius 2 is 1.65 bits per heavy atom. The lowest BCUT2D eigenvalue weighted by molar-refractivity contribution is 0.103. The number of aromatic amines is 1. The number of H-pyrrole nitrogens is 1. The minimum absolute atomic E-state index is 0.0638. The van der Waals surface area contributed by atoms with Gasteiger partial charge in [0.2, 0.25) is 10.0 Å². The third kappa shape index (κ3) is 4.29. The molecule has 4 N–H and O–H groups in total. The number of benzene rings is 2. The van der Waals surface area contributed by atoms with Gasteiger partial charge in [-0.3, -0.25) is 10.2 Å². The molecule has 0 aliphatic heterocycles. The van der Waals surface area contributed by atoms with Crippen LogP contribution in [-0.2, 0) is 10.0 Å². The second-order valence-electron chi connectivity index (χ2n) is 9.60. The molecule has 34 heavy (non-hydrogen) atoms. The zero-order valence-corrected chi connectivity index (χ0v) is 20.4. The van der Waals surface area contributed by atoms with Crippen LogP contribution in [0.15, 0.2) is 53.4 Å². The predicted molar refractivity (Wildman–Crippen MR) is 131 cm³/mol. The lowest BCUT2D eigenvalue weighted by Crippen LogP contribution is -2.39. The molecule has 9 heteroatoms. The Bertz CT molecular complexity index is 1390. The highest BCUT2D eigenvalue weighted by atomic mass is 32.2. The van der Waals surface area contributed by atoms with Crippen molar-refractivity contribution in [1.29, 1.82) is 5.41 Å². The largest absolute Gasteiger partial charge is 0.494 e. The average molecular weight is 481 g/mol. The molecule has 0 bridgehead atoms. The summed E-state index contributed by atoms with van der Waals surface area (Å²) in [6.07, 6.45) is 0. The molecular formula is C25H28N4O4S. The van der Waals surface area contributed by atoms with Gasteiger partial charge in [0.1, 0.15) is 0 Å². The van der Waals surface area contributed by atoms with E-state index in [0.717, 1.165) is 6.54 Å². The van der Waals surface area contributed by atoms with Gasteiger partial charge in [0.15, 0.2) is 11.7 Å². The van der Waals surface area contributed by atoms with E-state index in [-0.39, 0.29) is 45.4 Å². The number of aromatic nitrogens is 1. The molecule has 0 spiro atoms. The third-order valence-electron chi connectivity index (χ3n) is 5.84. The SMILES string of the molecule is CN(C)CC(C)(C)CNS(=O)(=O)c1ccc(-c2[nH]c(O)c3c2C(=O)c2ccccc2C3=N)cc1. The number of rotatable bonds is 7. The van der Waals surface area contributed by atoms with Crippen LogP contribution in [0.5, 0.6) is 5.88 Å². The van der Waals surface area contributed by atoms with Crippen molar-refractivity contribution < 1.29 is 18.3 Å². The molecule has 0 radical (unpaired) electrons. The van der Waals surface area contributed by atoms with E-state index in [4.69, 9.17) is 5.41 Å². The van der Waals surface area contributed by atoms with Crippen molar-refractivity contribution in [3.63, 3.8) is 0 Å². The molecule has 0 unspecified atom stereocenters. The molecule has 3 aromatic rings. The van der Waals surface area contributed by atoms with E-state index in [0.29, 0.717) is 22.4 Å². The highest BCUT2D eigenvalue weighted by molar-refractivity contribution is 7.89. The van der Waals surface area contributed by atoms with Gasteiger partial charge in [-0.1, -0.05) is 50.2 Å². The first-order valence-electron chi connectivity index (χ1n) is 10.8. The maximum atomic E-state index is 13.2. The highest BCUT2D eigenvalue weighted by Gasteiger charge is 2.34. The van der Waals surface area contributed by atoms with Crippen LogP contribution in [0.2, 0.25) is 0 Å². The van der Waals surface area contributed by atoms with Crippen LogP contribution in [0.1, 0.15) is 40.9 Å². The number of ketones is 1. The smallest absolute Gasteiger partial charge is 0.240 e. The molecule has 0 saturated carbocycles. The van der Waals surface area contributed by atoms with Crippen molar-refractivity contribution >= 4 is 21.5 Å². The molecule has 2 aromatic carbocycles. The molecule has 1 aliphatic carbocycles. The van der Waals surface area contributed by atoms with Gasteiger partial charge in [-0.2, -0.15) is 0 Å². The highest BCUT2D eigenvalue weighted by Crippen LogP contribution is 2.39. The van der Waals surface area contributed by atoms with Crippen molar-refractivity contribution in [3.8, 4) is 17.1 Å². The molecule has 8 nitrogen and oxygen atoms in total. The normalized spacial score (nSPS) is 13.8. The van der Waals surface area contributed by atoms with Gasteiger partial charge in [-0.25, -0.2) is 13.1 Å². The van der Waals surface area contributed by atoms with Crippen molar-refractivity contribution in [2.45, 2.75) is 18.7 Å². The van der Waals surface area contributed by atoms with E-state index >= 15 is 0 Å². The van der Waals surface area contributed by atoms with Gasteiger partial charge in [0.25, 0.3) is 0 Å². The molecule has 178 valence electrons. The summed E-state index contributed by atoms with van der Waals surface area (Å²) < 4.78 is 28.3. The summed E-state index contributed by atoms with van der Waals surface area (Å²) in [7, 11) is 0.154. The molecule has 1 aromatic heterocycles. The summed E-state index contributed by atoms with van der Waals surface area (Å²) >= 11 is 0. The first-order valence-corrected chi connectivity index (χ1v) is 12.3. The van der Waals surface area contributed by atoms with Crippen LogP contribution in [0, 0.1) is 10.8 Å². The number of nitrogens with zero attached hydrogens (tertiary/aromatic N) is 1. The zero-order valence-electron chi connectivity index (χ0n) is 19.6. The topological polar surface area (TPSA) is 126 Å². The summed E-state index contributed by atoms with van der Waals surface area (Å²) in [5, 5.41) is 19.0. The molecule has 4 rings (SSSR count). The number of fused-ring (bicyclic) bond motifs is 2. The van der Waals surface area contributed by atoms with E-state index < -0.39 is 10.0 Å². The maximum Gasteiger partial charge on any atom is 0.240 e. The summed E-state index contributed by atoms with van der Waals surface area (Å²) in [6.45, 7) is 4.99. The van der Waals surface area contributed by atoms with Crippen molar-refractivity contribution in [3.05, 3.63) is 70.8 Å². The van der Waals surface area contributed by atoms with Crippen LogP contribution in [0.3, 0.4) is 0 Å². The Kier molecular flexibility index (Phi) is 5.97. The predicted octanol–water partition coefficient (Wildman–Crippen LogP) is 3.21. The zero-order chi connectivity index (χ0) is 24.8. The number of hydrogen-bond donors (Lipinski definition) is 4. The Labute approximate surface area is 199 Å². The number of nitrogens with one attached hydrogen (secondary N) is 3. The molecule has 0 fully saturated rings. The number of aromatic hydroxyl groups is 1. The van der Waals surface area contributed by atoms with Crippen molar-refractivity contribution in [2.75, 3.05) is 27.2 Å². The van der Waals surface area contributed by atoms with E-state index in [9.17, 15) is 18.3 Å². The summed E-state index contributed by atoms with van der Waals surface area (Å²) in [5.41, 5.74) is 1.91. The Morgan fingerprint density at radius 1 is 1.03 bits per heavy atom. The van der Waals surface area contributed by atoms with E-state index in [2.05, 4.69) is 9.71 Å². The summed E-state index contributed by atoms with van der Waals surface area (Å²) in [4.78, 5) is 18.1. The van der Waals surface area contributed by atoms with E-state index in [1.54, 1.807) is 36.4 Å². The van der Waals surface area contributed by atoms with Gasteiger partial charge >= 0.3 is 0 Å². The minimum atomic E-state index is -3.73. The molecule has 0 amide bonds. The quantitative estimate of drug-likeness (QED) is 0.323. The fourth-order valence-electron chi connectivity index (χ4n) is 4.43. The standard InChI is InChI=1S/C25H28N4O4S/c1-25(2,14-29(3)4)13-27-34(32,33)16-11-9-15(10-12-16)22-20-19(24(31)28-22)21(26)17-7-5-6-8-18(17)23(20)30/h5-12,26-28,31H,13-14H2,1-4H3. The van der Waals surface area contributed by atoms with Gasteiger partial charge < -0.3 is 15.0 Å². The van der Waals surface area contributed by atoms with E-state index in [1.807, 2.05) is 32.8 Å². The second kappa shape index (κ2) is 8.50. The number of hydrogen-bond acceptors (Lipinski definition) is 6. The van der Waals surface area contributed by atoms with Crippen LogP contribution < -0.4 is 4.72 Å². The summed E-state index contributed by atoms with van der Waals surface area (Å²) in [6, 6.07) is 12.9. The monoisotopic (exact) mass is 480 g/mol. The van der Waals surface area contributed by atoms with Crippen molar-refractivity contribution in [1.82, 2.24) is 14.6 Å². The Morgan fingerprint density at radius 3 is 2.26 bits per heavy atom. The number of sulfonamides is 1. The molecule has 0 saturated heterocycles. The molecule has 1 heterocycles. The Balaban J connectivity index is 1.64. The van der Waals surface area contributed by atoms with Crippen LogP contribution >= 0.6 is 0 Å². The van der Waals surface area contributed by atoms with E-state index in [1.165, 1.54) is 12.1 Å². The molecular weight excluding hydrogens is 452 g/mol. The minimum Gasteiger partial charge on any atom is -0.494 e. The second-order valence-corrected chi connectivity index (χ2v) is 11.4. The molecule has 1 aliphatic rings. The summed E-state index contributed by atoms with van der Waals surface area (Å²) in [5.74, 6) is -0.561. The van der Waals surface area contributed by atoms with Crippen LogP contribution in [-0.4, -0.2) is 62.1 Å². The first kappa shape index (κ1) is 23.9. The lowest BCUT2D eigenvalue weighted by Gasteiger charge is -2.28. The number of carbonyl (C=O) groups excluding carboxylic acids is 1. The fourth-order valence-corrected chi connectivity index (χ4v) is 5.67. The lowest BCUT2D eigenvalue weighted by atomic mass is 9.84. The van der Waals surface area contributed by atoms with Gasteiger partial charge in [0.05, 0.1) is 27.4 Å². The average Bonchev–Trinajstić information content (AvgIpc) is 3.13. The Hall–Kier alpha value is -3.27. The van der Waals surface area contributed by atoms with Gasteiger partial charge in [0, 0.05) is 24.2 Å². The van der Waals surface area contributed by atoms with Crippen molar-refractivity contribution in [2.24, 2.45) is 5.41 Å². The fraction of sp³-hybridized carbons (Fsp3) is 0.280. The first-order chi connectivity index (χ1) is 15.9.